The fourth-order valence-electron chi connectivity index (χ4n) is 2.45. The molecule has 0 fully saturated rings. The standard InChI is InChI=1S/C20H33NO4S/c1-5-24-18-9-7-17(8-10-18)11-14-25-19(23)21(20(2,3)4)12-6-15-26-16-13-22/h7-10,22H,5-6,11-16H2,1-4H3. The number of hydrogen-bond acceptors (Lipinski definition) is 5. The first-order chi connectivity index (χ1) is 12.4. The highest BCUT2D eigenvalue weighted by molar-refractivity contribution is 7.99. The van der Waals surface area contributed by atoms with Crippen LogP contribution in [0.3, 0.4) is 0 Å². The Bertz CT molecular complexity index is 514. The summed E-state index contributed by atoms with van der Waals surface area (Å²) < 4.78 is 10.9. The zero-order valence-electron chi connectivity index (χ0n) is 16.5. The molecule has 0 aliphatic heterocycles. The summed E-state index contributed by atoms with van der Waals surface area (Å²) in [6, 6.07) is 7.87. The minimum atomic E-state index is -0.280. The van der Waals surface area contributed by atoms with Crippen LogP contribution < -0.4 is 4.74 Å². The molecule has 1 amide bonds. The minimum absolute atomic E-state index is 0.196. The van der Waals surface area contributed by atoms with Crippen LogP contribution >= 0.6 is 11.8 Å². The Morgan fingerprint density at radius 3 is 2.46 bits per heavy atom. The van der Waals surface area contributed by atoms with Crippen molar-refractivity contribution in [1.29, 1.82) is 0 Å². The molecule has 1 aromatic carbocycles. The first kappa shape index (κ1) is 22.6. The molecule has 26 heavy (non-hydrogen) atoms. The fraction of sp³-hybridized carbons (Fsp3) is 0.650. The summed E-state index contributed by atoms with van der Waals surface area (Å²) in [7, 11) is 0. The third kappa shape index (κ3) is 8.81. The van der Waals surface area contributed by atoms with Crippen molar-refractivity contribution >= 4 is 17.9 Å². The minimum Gasteiger partial charge on any atom is -0.494 e. The van der Waals surface area contributed by atoms with Crippen LogP contribution in [-0.2, 0) is 11.2 Å². The molecule has 0 aliphatic rings. The van der Waals surface area contributed by atoms with E-state index in [1.54, 1.807) is 16.7 Å². The van der Waals surface area contributed by atoms with E-state index in [9.17, 15) is 4.79 Å². The number of carbonyl (C=O) groups is 1. The van der Waals surface area contributed by atoms with Gasteiger partial charge in [-0.25, -0.2) is 4.79 Å². The Hall–Kier alpha value is -1.40. The molecule has 0 unspecified atom stereocenters. The van der Waals surface area contributed by atoms with Gasteiger partial charge in [-0.05, 0) is 57.6 Å². The highest BCUT2D eigenvalue weighted by Crippen LogP contribution is 2.17. The van der Waals surface area contributed by atoms with Crippen molar-refractivity contribution < 1.29 is 19.4 Å². The predicted molar refractivity (Wildman–Crippen MR) is 108 cm³/mol. The van der Waals surface area contributed by atoms with Gasteiger partial charge in [-0.3, -0.25) is 0 Å². The van der Waals surface area contributed by atoms with Crippen LogP contribution in [0.2, 0.25) is 0 Å². The van der Waals surface area contributed by atoms with Gasteiger partial charge in [0.25, 0.3) is 0 Å². The van der Waals surface area contributed by atoms with Gasteiger partial charge in [0.2, 0.25) is 0 Å². The summed E-state index contributed by atoms with van der Waals surface area (Å²) in [5.74, 6) is 2.51. The van der Waals surface area contributed by atoms with Gasteiger partial charge in [0, 0.05) is 24.3 Å². The molecular weight excluding hydrogens is 350 g/mol. The quantitative estimate of drug-likeness (QED) is 0.586. The van der Waals surface area contributed by atoms with Crippen LogP contribution in [-0.4, -0.2) is 59.5 Å². The van der Waals surface area contributed by atoms with Crippen LogP contribution in [0.5, 0.6) is 5.75 Å². The Balaban J connectivity index is 2.42. The van der Waals surface area contributed by atoms with Crippen LogP contribution in [0, 0.1) is 0 Å². The number of thioether (sulfide) groups is 1. The second-order valence-corrected chi connectivity index (χ2v) is 8.18. The molecule has 6 heteroatoms. The largest absolute Gasteiger partial charge is 0.494 e. The van der Waals surface area contributed by atoms with E-state index >= 15 is 0 Å². The smallest absolute Gasteiger partial charge is 0.410 e. The average Bonchev–Trinajstić information content (AvgIpc) is 2.58. The van der Waals surface area contributed by atoms with Gasteiger partial charge in [0.1, 0.15) is 5.75 Å². The highest BCUT2D eigenvalue weighted by Gasteiger charge is 2.27. The first-order valence-corrected chi connectivity index (χ1v) is 10.4. The van der Waals surface area contributed by atoms with Gasteiger partial charge in [0.05, 0.1) is 19.8 Å². The third-order valence-electron chi connectivity index (χ3n) is 3.79. The molecule has 0 heterocycles. The number of nitrogens with zero attached hydrogens (tertiary/aromatic N) is 1. The summed E-state index contributed by atoms with van der Waals surface area (Å²) in [6.07, 6.45) is 1.30. The van der Waals surface area contributed by atoms with Crippen LogP contribution in [0.25, 0.3) is 0 Å². The topological polar surface area (TPSA) is 59.0 Å². The summed E-state index contributed by atoms with van der Waals surface area (Å²) in [5.41, 5.74) is 0.835. The molecule has 1 rings (SSSR count). The van der Waals surface area contributed by atoms with Gasteiger partial charge in [-0.2, -0.15) is 11.8 Å². The van der Waals surface area contributed by atoms with E-state index in [4.69, 9.17) is 14.6 Å². The summed E-state index contributed by atoms with van der Waals surface area (Å²) in [4.78, 5) is 14.3. The normalized spacial score (nSPS) is 11.3. The van der Waals surface area contributed by atoms with Gasteiger partial charge < -0.3 is 19.5 Å². The summed E-state index contributed by atoms with van der Waals surface area (Å²) >= 11 is 1.70. The van der Waals surface area contributed by atoms with Crippen molar-refractivity contribution in [2.75, 3.05) is 37.9 Å². The van der Waals surface area contributed by atoms with Crippen LogP contribution in [0.15, 0.2) is 24.3 Å². The number of amides is 1. The first-order valence-electron chi connectivity index (χ1n) is 9.23. The molecule has 0 saturated carbocycles. The molecule has 0 bridgehead atoms. The number of aliphatic hydroxyl groups is 1. The van der Waals surface area contributed by atoms with Gasteiger partial charge in [-0.15, -0.1) is 0 Å². The maximum Gasteiger partial charge on any atom is 0.410 e. The number of aliphatic hydroxyl groups excluding tert-OH is 1. The molecule has 1 aromatic rings. The molecule has 0 spiro atoms. The average molecular weight is 384 g/mol. The Morgan fingerprint density at radius 1 is 1.19 bits per heavy atom. The highest BCUT2D eigenvalue weighted by atomic mass is 32.2. The molecule has 0 radical (unpaired) electrons. The molecule has 0 aromatic heterocycles. The van der Waals surface area contributed by atoms with Gasteiger partial charge in [-0.1, -0.05) is 12.1 Å². The number of benzene rings is 1. The lowest BCUT2D eigenvalue weighted by molar-refractivity contribution is 0.0686. The van der Waals surface area contributed by atoms with Crippen LogP contribution in [0.4, 0.5) is 4.79 Å². The maximum atomic E-state index is 12.5. The summed E-state index contributed by atoms with van der Waals surface area (Å²) in [5, 5.41) is 8.81. The summed E-state index contributed by atoms with van der Waals surface area (Å²) in [6.45, 7) is 9.87. The number of carbonyl (C=O) groups excluding carboxylic acids is 1. The van der Waals surface area contributed by atoms with Gasteiger partial charge >= 0.3 is 6.09 Å². The molecule has 0 atom stereocenters. The van der Waals surface area contributed by atoms with Crippen molar-refractivity contribution in [2.45, 2.75) is 46.1 Å². The fourth-order valence-corrected chi connectivity index (χ4v) is 3.11. The monoisotopic (exact) mass is 383 g/mol. The van der Waals surface area contributed by atoms with Crippen molar-refractivity contribution in [3.63, 3.8) is 0 Å². The van der Waals surface area contributed by atoms with E-state index in [1.807, 2.05) is 52.0 Å². The second-order valence-electron chi connectivity index (χ2n) is 6.95. The van der Waals surface area contributed by atoms with Crippen molar-refractivity contribution in [1.82, 2.24) is 4.90 Å². The lowest BCUT2D eigenvalue weighted by Crippen LogP contribution is -2.46. The Labute approximate surface area is 162 Å². The van der Waals surface area contributed by atoms with E-state index in [0.29, 0.717) is 26.2 Å². The van der Waals surface area contributed by atoms with Crippen molar-refractivity contribution in [3.05, 3.63) is 29.8 Å². The second kappa shape index (κ2) is 12.1. The number of hydrogen-bond donors (Lipinski definition) is 1. The predicted octanol–water partition coefficient (Wildman–Crippen LogP) is 3.98. The van der Waals surface area contributed by atoms with E-state index in [1.165, 1.54) is 0 Å². The molecule has 5 nitrogen and oxygen atoms in total. The molecule has 1 N–H and O–H groups in total. The number of rotatable bonds is 11. The van der Waals surface area contributed by atoms with E-state index in [-0.39, 0.29) is 18.2 Å². The zero-order chi connectivity index (χ0) is 19.4. The lowest BCUT2D eigenvalue weighted by Gasteiger charge is -2.34. The van der Waals surface area contributed by atoms with E-state index in [2.05, 4.69) is 0 Å². The molecule has 0 saturated heterocycles. The SMILES string of the molecule is CCOc1ccc(CCOC(=O)N(CCCSCCO)C(C)(C)C)cc1. The molecule has 148 valence electrons. The number of ether oxygens (including phenoxy) is 2. The zero-order valence-corrected chi connectivity index (χ0v) is 17.3. The third-order valence-corrected chi connectivity index (χ3v) is 4.84. The lowest BCUT2D eigenvalue weighted by atomic mass is 10.1. The van der Waals surface area contributed by atoms with Crippen LogP contribution in [0.1, 0.15) is 39.7 Å². The van der Waals surface area contributed by atoms with Crippen molar-refractivity contribution in [3.8, 4) is 5.75 Å². The Kier molecular flexibility index (Phi) is 10.5. The molecular formula is C20H33NO4S. The van der Waals surface area contributed by atoms with Gasteiger partial charge in [0.15, 0.2) is 0 Å². The van der Waals surface area contributed by atoms with E-state index < -0.39 is 0 Å². The molecule has 0 aliphatic carbocycles. The van der Waals surface area contributed by atoms with Crippen molar-refractivity contribution in [2.24, 2.45) is 0 Å². The Morgan fingerprint density at radius 2 is 1.88 bits per heavy atom. The maximum absolute atomic E-state index is 12.5. The van der Waals surface area contributed by atoms with E-state index in [0.717, 1.165) is 29.2 Å².